The smallest absolute Gasteiger partial charge is 0.183 e. The molecule has 0 amide bonds. The van der Waals surface area contributed by atoms with E-state index >= 15 is 0 Å². The Morgan fingerprint density at radius 3 is 2.93 bits per heavy atom. The molecule has 0 saturated heterocycles. The van der Waals surface area contributed by atoms with Crippen LogP contribution in [0.2, 0.25) is 5.02 Å². The van der Waals surface area contributed by atoms with E-state index in [0.29, 0.717) is 40.9 Å². The molecule has 1 aliphatic carbocycles. The first-order valence-electron chi connectivity index (χ1n) is 9.44. The van der Waals surface area contributed by atoms with Crippen LogP contribution in [-0.2, 0) is 9.84 Å². The van der Waals surface area contributed by atoms with E-state index in [2.05, 4.69) is 25.3 Å². The number of anilines is 1. The fourth-order valence-corrected chi connectivity index (χ4v) is 5.61. The molecule has 0 unspecified atom stereocenters. The van der Waals surface area contributed by atoms with Gasteiger partial charge in [-0.25, -0.2) is 27.8 Å². The van der Waals surface area contributed by atoms with Crippen molar-refractivity contribution in [3.63, 3.8) is 0 Å². The summed E-state index contributed by atoms with van der Waals surface area (Å²) in [6.45, 7) is 0. The lowest BCUT2D eigenvalue weighted by Crippen LogP contribution is -2.50. The number of nitrogens with zero attached hydrogens (tertiary/aromatic N) is 3. The average Bonchev–Trinajstić information content (AvgIpc) is 3.05. The highest BCUT2D eigenvalue weighted by atomic mass is 35.5. The van der Waals surface area contributed by atoms with Crippen molar-refractivity contribution in [2.45, 2.75) is 37.3 Å². The van der Waals surface area contributed by atoms with E-state index < -0.39 is 27.3 Å². The number of sulfone groups is 1. The summed E-state index contributed by atoms with van der Waals surface area (Å²) in [5.74, 6) is -0.813. The van der Waals surface area contributed by atoms with Gasteiger partial charge >= 0.3 is 0 Å². The van der Waals surface area contributed by atoms with Crippen LogP contribution in [0.15, 0.2) is 24.7 Å². The Morgan fingerprint density at radius 1 is 1.40 bits per heavy atom. The van der Waals surface area contributed by atoms with E-state index in [1.807, 2.05) is 0 Å². The van der Waals surface area contributed by atoms with Gasteiger partial charge in [0.1, 0.15) is 15.5 Å². The predicted octanol–water partition coefficient (Wildman–Crippen LogP) is 2.94. The normalized spacial score (nSPS) is 22.3. The number of aliphatic hydroxyl groups is 1. The topological polar surface area (TPSA) is 121 Å². The Morgan fingerprint density at radius 2 is 2.20 bits per heavy atom. The molecular formula is C19H21ClFN5O3S. The Kier molecular flexibility index (Phi) is 5.41. The summed E-state index contributed by atoms with van der Waals surface area (Å²) in [6.07, 6.45) is 6.52. The van der Waals surface area contributed by atoms with Crippen LogP contribution in [0.5, 0.6) is 0 Å². The predicted molar refractivity (Wildman–Crippen MR) is 113 cm³/mol. The molecule has 3 aromatic rings. The van der Waals surface area contributed by atoms with Crippen LogP contribution in [0.1, 0.15) is 25.7 Å². The summed E-state index contributed by atoms with van der Waals surface area (Å²) < 4.78 is 38.7. The molecule has 1 saturated carbocycles. The molecule has 8 nitrogen and oxygen atoms in total. The Balaban J connectivity index is 1.74. The van der Waals surface area contributed by atoms with Gasteiger partial charge in [0.25, 0.3) is 0 Å². The number of aromatic amines is 1. The Hall–Kier alpha value is -2.30. The van der Waals surface area contributed by atoms with Crippen molar-refractivity contribution < 1.29 is 17.9 Å². The van der Waals surface area contributed by atoms with Crippen molar-refractivity contribution in [1.29, 1.82) is 0 Å². The molecule has 1 fully saturated rings. The maximum Gasteiger partial charge on any atom is 0.183 e. The molecule has 0 radical (unpaired) electrons. The van der Waals surface area contributed by atoms with Gasteiger partial charge in [0.2, 0.25) is 0 Å². The molecule has 30 heavy (non-hydrogen) atoms. The lowest BCUT2D eigenvalue weighted by atomic mass is 9.81. The van der Waals surface area contributed by atoms with E-state index in [4.69, 9.17) is 11.6 Å². The second-order valence-electron chi connectivity index (χ2n) is 7.87. The van der Waals surface area contributed by atoms with Crippen LogP contribution in [0, 0.1) is 5.82 Å². The first-order chi connectivity index (χ1) is 14.1. The number of nitrogens with one attached hydrogen (secondary N) is 2. The number of fused-ring (bicyclic) bond motifs is 1. The van der Waals surface area contributed by atoms with Crippen LogP contribution in [0.4, 0.5) is 10.2 Å². The van der Waals surface area contributed by atoms with Gasteiger partial charge in [-0.1, -0.05) is 11.6 Å². The summed E-state index contributed by atoms with van der Waals surface area (Å²) >= 11 is 6.04. The number of hydrogen-bond acceptors (Lipinski definition) is 7. The van der Waals surface area contributed by atoms with Crippen molar-refractivity contribution in [3.05, 3.63) is 35.5 Å². The highest BCUT2D eigenvalue weighted by Gasteiger charge is 2.39. The highest BCUT2D eigenvalue weighted by molar-refractivity contribution is 7.90. The average molecular weight is 454 g/mol. The maximum atomic E-state index is 14.6. The molecule has 4 rings (SSSR count). The monoisotopic (exact) mass is 453 g/mol. The second kappa shape index (κ2) is 7.75. The van der Waals surface area contributed by atoms with E-state index in [1.165, 1.54) is 6.20 Å². The number of H-pyrrole nitrogens is 1. The Labute approximate surface area is 177 Å². The third kappa shape index (κ3) is 4.40. The first-order valence-corrected chi connectivity index (χ1v) is 11.9. The molecule has 160 valence electrons. The second-order valence-corrected chi connectivity index (χ2v) is 10.4. The number of halogens is 2. The molecule has 3 heterocycles. The van der Waals surface area contributed by atoms with Crippen LogP contribution in [-0.4, -0.2) is 57.1 Å². The van der Waals surface area contributed by atoms with Crippen LogP contribution < -0.4 is 5.32 Å². The molecule has 0 bridgehead atoms. The van der Waals surface area contributed by atoms with Crippen molar-refractivity contribution in [2.24, 2.45) is 0 Å². The zero-order valence-electron chi connectivity index (χ0n) is 16.2. The van der Waals surface area contributed by atoms with Gasteiger partial charge < -0.3 is 15.4 Å². The van der Waals surface area contributed by atoms with Crippen LogP contribution >= 0.6 is 11.6 Å². The highest BCUT2D eigenvalue weighted by Crippen LogP contribution is 2.34. The zero-order valence-corrected chi connectivity index (χ0v) is 17.8. The van der Waals surface area contributed by atoms with Crippen LogP contribution in [0.25, 0.3) is 22.4 Å². The van der Waals surface area contributed by atoms with Gasteiger partial charge in [-0.05, 0) is 31.7 Å². The molecule has 3 N–H and O–H groups in total. The van der Waals surface area contributed by atoms with Gasteiger partial charge in [0, 0.05) is 29.6 Å². The summed E-state index contributed by atoms with van der Waals surface area (Å²) in [7, 11) is -3.39. The lowest BCUT2D eigenvalue weighted by molar-refractivity contribution is 0.101. The van der Waals surface area contributed by atoms with Crippen LogP contribution in [0.3, 0.4) is 0 Å². The van der Waals surface area contributed by atoms with Gasteiger partial charge in [-0.3, -0.25) is 0 Å². The third-order valence-electron chi connectivity index (χ3n) is 5.22. The molecule has 0 aromatic carbocycles. The van der Waals surface area contributed by atoms with Crippen molar-refractivity contribution in [2.75, 3.05) is 17.3 Å². The molecule has 3 aromatic heterocycles. The minimum absolute atomic E-state index is 0.109. The molecule has 0 aliphatic heterocycles. The van der Waals surface area contributed by atoms with E-state index in [-0.39, 0.29) is 23.8 Å². The number of hydrogen-bond donors (Lipinski definition) is 3. The summed E-state index contributed by atoms with van der Waals surface area (Å²) in [4.78, 5) is 15.6. The standard InChI is InChI=1S/C19H21ClFN5O3S/c1-30(28,29)10-19(4-2-3-12(27)6-19)26-18-15(21)9-24-17(25-18)14-8-23-16-13(14)5-11(20)7-22-16/h5,7-9,12,27H,2-4,6,10H2,1H3,(H,22,23)(H,24,25,26)/t12-,19+/m0/s1. The number of aromatic nitrogens is 4. The largest absolute Gasteiger partial charge is 0.393 e. The van der Waals surface area contributed by atoms with Crippen molar-refractivity contribution >= 4 is 38.3 Å². The van der Waals surface area contributed by atoms with Gasteiger partial charge in [0.15, 0.2) is 17.5 Å². The minimum atomic E-state index is -3.39. The van der Waals surface area contributed by atoms with E-state index in [9.17, 15) is 17.9 Å². The quantitative estimate of drug-likeness (QED) is 0.543. The maximum absolute atomic E-state index is 14.6. The number of aliphatic hydroxyl groups excluding tert-OH is 1. The minimum Gasteiger partial charge on any atom is -0.393 e. The molecule has 1 aliphatic rings. The lowest BCUT2D eigenvalue weighted by Gasteiger charge is -2.40. The summed E-state index contributed by atoms with van der Waals surface area (Å²) in [5.41, 5.74) is 0.160. The SMILES string of the molecule is CS(=O)(=O)C[C@@]1(Nc2nc(-c3c[nH]c4ncc(Cl)cc34)ncc2F)CCC[C@H](O)C1. The molecule has 2 atom stereocenters. The molecular weight excluding hydrogens is 433 g/mol. The molecule has 0 spiro atoms. The third-order valence-corrected chi connectivity index (χ3v) is 6.51. The first kappa shape index (κ1) is 21.0. The summed E-state index contributed by atoms with van der Waals surface area (Å²) in [5, 5.41) is 14.3. The Bertz CT molecular complexity index is 1200. The summed E-state index contributed by atoms with van der Waals surface area (Å²) in [6, 6.07) is 1.71. The van der Waals surface area contributed by atoms with Crippen molar-refractivity contribution in [3.8, 4) is 11.4 Å². The zero-order chi connectivity index (χ0) is 21.5. The van der Waals surface area contributed by atoms with Gasteiger partial charge in [-0.15, -0.1) is 0 Å². The fraction of sp³-hybridized carbons (Fsp3) is 0.421. The number of rotatable bonds is 5. The van der Waals surface area contributed by atoms with E-state index in [0.717, 1.165) is 12.5 Å². The van der Waals surface area contributed by atoms with Gasteiger partial charge in [-0.2, -0.15) is 0 Å². The number of pyridine rings is 1. The van der Waals surface area contributed by atoms with Crippen molar-refractivity contribution in [1.82, 2.24) is 19.9 Å². The molecule has 11 heteroatoms. The van der Waals surface area contributed by atoms with Gasteiger partial charge in [0.05, 0.1) is 28.6 Å². The fourth-order valence-electron chi connectivity index (χ4n) is 4.11. The van der Waals surface area contributed by atoms with E-state index in [1.54, 1.807) is 12.3 Å².